The van der Waals surface area contributed by atoms with E-state index in [1.807, 2.05) is 31.2 Å². The number of Topliss-reactive ketones (excluding diaryl/α,β-unsaturated/α-hetero) is 1. The van der Waals surface area contributed by atoms with Gasteiger partial charge in [0.2, 0.25) is 0 Å². The van der Waals surface area contributed by atoms with Crippen molar-refractivity contribution >= 4 is 22.6 Å². The fourth-order valence-corrected chi connectivity index (χ4v) is 2.70. The maximum Gasteiger partial charge on any atom is 0.292 e. The molecule has 0 radical (unpaired) electrons. The summed E-state index contributed by atoms with van der Waals surface area (Å²) in [6, 6.07) is 7.55. The number of benzene rings is 1. The number of hydrogen-bond acceptors (Lipinski definition) is 2. The molecule has 20 heavy (non-hydrogen) atoms. The summed E-state index contributed by atoms with van der Waals surface area (Å²) in [7, 11) is 0. The molecule has 2 aromatic rings. The quantitative estimate of drug-likeness (QED) is 0.662. The molecule has 0 saturated heterocycles. The molecule has 0 unspecified atom stereocenters. The van der Waals surface area contributed by atoms with Crippen molar-refractivity contribution in [3.05, 3.63) is 35.5 Å². The van der Waals surface area contributed by atoms with Crippen molar-refractivity contribution < 1.29 is 9.59 Å². The second-order valence-electron chi connectivity index (χ2n) is 5.51. The number of fused-ring (bicyclic) bond motifs is 1. The van der Waals surface area contributed by atoms with Crippen LogP contribution in [0.1, 0.15) is 35.3 Å². The van der Waals surface area contributed by atoms with Crippen molar-refractivity contribution in [2.24, 2.45) is 5.92 Å². The summed E-state index contributed by atoms with van der Waals surface area (Å²) in [5.74, 6) is -0.389. The van der Waals surface area contributed by atoms with Gasteiger partial charge in [-0.2, -0.15) is 0 Å². The lowest BCUT2D eigenvalue weighted by Crippen LogP contribution is -2.36. The first-order valence-electron chi connectivity index (χ1n) is 7.06. The summed E-state index contributed by atoms with van der Waals surface area (Å²) < 4.78 is 0. The van der Waals surface area contributed by atoms with Gasteiger partial charge in [-0.15, -0.1) is 0 Å². The third-order valence-electron chi connectivity index (χ3n) is 4.10. The van der Waals surface area contributed by atoms with E-state index in [4.69, 9.17) is 0 Å². The summed E-state index contributed by atoms with van der Waals surface area (Å²) in [6.45, 7) is 2.44. The largest absolute Gasteiger partial charge is 0.358 e. The Morgan fingerprint density at radius 1 is 1.30 bits per heavy atom. The zero-order chi connectivity index (χ0) is 14.1. The molecule has 1 aliphatic rings. The van der Waals surface area contributed by atoms with Crippen molar-refractivity contribution in [3.63, 3.8) is 0 Å². The second kappa shape index (κ2) is 5.12. The van der Waals surface area contributed by atoms with Crippen LogP contribution < -0.4 is 5.32 Å². The second-order valence-corrected chi connectivity index (χ2v) is 5.51. The molecule has 4 heteroatoms. The first-order valence-corrected chi connectivity index (χ1v) is 7.06. The molecule has 1 fully saturated rings. The van der Waals surface area contributed by atoms with Gasteiger partial charge >= 0.3 is 0 Å². The number of ketones is 1. The van der Waals surface area contributed by atoms with Gasteiger partial charge in [0, 0.05) is 23.1 Å². The molecule has 1 amide bonds. The van der Waals surface area contributed by atoms with Gasteiger partial charge < -0.3 is 10.3 Å². The van der Waals surface area contributed by atoms with Gasteiger partial charge in [0.05, 0.1) is 5.56 Å². The topological polar surface area (TPSA) is 62.0 Å². The molecule has 0 atom stereocenters. The van der Waals surface area contributed by atoms with Crippen LogP contribution in [0, 0.1) is 12.8 Å². The number of para-hydroxylation sites is 1. The Kier molecular flexibility index (Phi) is 3.30. The number of rotatable bonds is 4. The van der Waals surface area contributed by atoms with Crippen LogP contribution in [0.4, 0.5) is 0 Å². The summed E-state index contributed by atoms with van der Waals surface area (Å²) in [5, 5.41) is 3.58. The van der Waals surface area contributed by atoms with E-state index in [2.05, 4.69) is 10.3 Å². The number of aromatic nitrogens is 1. The highest BCUT2D eigenvalue weighted by Gasteiger charge is 2.24. The van der Waals surface area contributed by atoms with Gasteiger partial charge in [0.15, 0.2) is 0 Å². The van der Waals surface area contributed by atoms with E-state index >= 15 is 0 Å². The first-order chi connectivity index (χ1) is 9.66. The van der Waals surface area contributed by atoms with E-state index in [0.717, 1.165) is 29.4 Å². The summed E-state index contributed by atoms with van der Waals surface area (Å²) in [5.41, 5.74) is 2.13. The molecule has 1 aliphatic carbocycles. The Morgan fingerprint density at radius 2 is 2.05 bits per heavy atom. The Morgan fingerprint density at radius 3 is 2.75 bits per heavy atom. The zero-order valence-electron chi connectivity index (χ0n) is 11.5. The van der Waals surface area contributed by atoms with E-state index in [-0.39, 0.29) is 0 Å². The Bertz CT molecular complexity index is 668. The Balaban J connectivity index is 1.80. The molecule has 1 heterocycles. The van der Waals surface area contributed by atoms with Crippen LogP contribution in [-0.4, -0.2) is 23.2 Å². The summed E-state index contributed by atoms with van der Waals surface area (Å²) >= 11 is 0. The van der Waals surface area contributed by atoms with Crippen LogP contribution in [0.15, 0.2) is 24.3 Å². The van der Waals surface area contributed by atoms with E-state index < -0.39 is 11.7 Å². The zero-order valence-corrected chi connectivity index (χ0v) is 11.5. The molecule has 4 nitrogen and oxygen atoms in total. The van der Waals surface area contributed by atoms with Crippen molar-refractivity contribution in [1.29, 1.82) is 0 Å². The predicted molar refractivity (Wildman–Crippen MR) is 77.7 cm³/mol. The SMILES string of the molecule is Cc1[nH]c2ccccc2c1C(=O)C(=O)NCC1CCC1. The number of amides is 1. The highest BCUT2D eigenvalue weighted by Crippen LogP contribution is 2.25. The fraction of sp³-hybridized carbons (Fsp3) is 0.375. The van der Waals surface area contributed by atoms with Gasteiger partial charge in [-0.25, -0.2) is 0 Å². The normalized spacial score (nSPS) is 15.1. The van der Waals surface area contributed by atoms with Crippen molar-refractivity contribution in [3.8, 4) is 0 Å². The van der Waals surface area contributed by atoms with E-state index in [9.17, 15) is 9.59 Å². The van der Waals surface area contributed by atoms with E-state index in [1.54, 1.807) is 0 Å². The van der Waals surface area contributed by atoms with Crippen LogP contribution in [-0.2, 0) is 4.79 Å². The monoisotopic (exact) mass is 270 g/mol. The summed E-state index contributed by atoms with van der Waals surface area (Å²) in [4.78, 5) is 27.5. The number of H-pyrrole nitrogens is 1. The van der Waals surface area contributed by atoms with Crippen LogP contribution in [0.5, 0.6) is 0 Å². The molecular weight excluding hydrogens is 252 g/mol. The number of aryl methyl sites for hydroxylation is 1. The van der Waals surface area contributed by atoms with Gasteiger partial charge in [-0.1, -0.05) is 24.6 Å². The van der Waals surface area contributed by atoms with Crippen molar-refractivity contribution in [2.45, 2.75) is 26.2 Å². The van der Waals surface area contributed by atoms with Crippen LogP contribution in [0.3, 0.4) is 0 Å². The van der Waals surface area contributed by atoms with Gasteiger partial charge in [0.25, 0.3) is 11.7 Å². The minimum Gasteiger partial charge on any atom is -0.358 e. The molecule has 104 valence electrons. The molecule has 0 bridgehead atoms. The fourth-order valence-electron chi connectivity index (χ4n) is 2.70. The van der Waals surface area contributed by atoms with Crippen LogP contribution in [0.2, 0.25) is 0 Å². The predicted octanol–water partition coefficient (Wildman–Crippen LogP) is 2.58. The summed E-state index contributed by atoms with van der Waals surface area (Å²) in [6.07, 6.45) is 3.54. The maximum absolute atomic E-state index is 12.3. The molecule has 0 aliphatic heterocycles. The highest BCUT2D eigenvalue weighted by atomic mass is 16.2. The standard InChI is InChI=1S/C16H18N2O2/c1-10-14(12-7-2-3-8-13(12)18-10)15(19)16(20)17-9-11-5-4-6-11/h2-3,7-8,11,18H,4-6,9H2,1H3,(H,17,20). The molecular formula is C16H18N2O2. The number of nitrogens with one attached hydrogen (secondary N) is 2. The first kappa shape index (κ1) is 12.9. The number of carbonyl (C=O) groups excluding carboxylic acids is 2. The minimum atomic E-state index is -0.496. The van der Waals surface area contributed by atoms with Gasteiger partial charge in [-0.05, 0) is 31.7 Å². The van der Waals surface area contributed by atoms with E-state index in [0.29, 0.717) is 18.0 Å². The molecule has 2 N–H and O–H groups in total. The average Bonchev–Trinajstić information content (AvgIpc) is 2.71. The number of hydrogen-bond donors (Lipinski definition) is 2. The third kappa shape index (κ3) is 2.22. The average molecular weight is 270 g/mol. The lowest BCUT2D eigenvalue weighted by atomic mass is 9.85. The molecule has 1 saturated carbocycles. The van der Waals surface area contributed by atoms with Crippen molar-refractivity contribution in [1.82, 2.24) is 10.3 Å². The van der Waals surface area contributed by atoms with Crippen LogP contribution >= 0.6 is 0 Å². The number of aromatic amines is 1. The lowest BCUT2D eigenvalue weighted by Gasteiger charge is -2.25. The maximum atomic E-state index is 12.3. The van der Waals surface area contributed by atoms with Crippen molar-refractivity contribution in [2.75, 3.05) is 6.54 Å². The highest BCUT2D eigenvalue weighted by molar-refractivity contribution is 6.45. The Labute approximate surface area is 117 Å². The third-order valence-corrected chi connectivity index (χ3v) is 4.10. The molecule has 3 rings (SSSR count). The Hall–Kier alpha value is -2.10. The van der Waals surface area contributed by atoms with Gasteiger partial charge in [-0.3, -0.25) is 9.59 Å². The number of carbonyl (C=O) groups is 2. The minimum absolute atomic E-state index is 0.445. The van der Waals surface area contributed by atoms with Crippen LogP contribution in [0.25, 0.3) is 10.9 Å². The molecule has 0 spiro atoms. The molecule has 1 aromatic heterocycles. The molecule has 1 aromatic carbocycles. The van der Waals surface area contributed by atoms with E-state index in [1.165, 1.54) is 6.42 Å². The lowest BCUT2D eigenvalue weighted by molar-refractivity contribution is -0.117. The smallest absolute Gasteiger partial charge is 0.292 e. The van der Waals surface area contributed by atoms with Gasteiger partial charge in [0.1, 0.15) is 0 Å².